The third kappa shape index (κ3) is 3.72. The van der Waals surface area contributed by atoms with Crippen LogP contribution >= 0.6 is 11.8 Å². The number of likely N-dealkylation sites (tertiary alicyclic amines) is 1. The van der Waals surface area contributed by atoms with Gasteiger partial charge in [-0.3, -0.25) is 14.4 Å². The van der Waals surface area contributed by atoms with E-state index in [1.165, 1.54) is 0 Å². The van der Waals surface area contributed by atoms with Gasteiger partial charge in [0.1, 0.15) is 6.04 Å². The maximum atomic E-state index is 14.0. The lowest BCUT2D eigenvalue weighted by Crippen LogP contribution is -2.54. The van der Waals surface area contributed by atoms with Crippen molar-refractivity contribution < 1.29 is 19.5 Å². The number of anilines is 1. The lowest BCUT2D eigenvalue weighted by atomic mass is 9.66. The molecule has 0 radical (unpaired) electrons. The molecule has 3 N–H and O–H groups in total. The van der Waals surface area contributed by atoms with E-state index < -0.39 is 33.4 Å². The van der Waals surface area contributed by atoms with E-state index in [0.717, 1.165) is 23.6 Å². The van der Waals surface area contributed by atoms with Crippen LogP contribution in [-0.2, 0) is 14.4 Å². The molecule has 2 aromatic rings. The normalized spacial score (nSPS) is 31.5. The molecule has 6 atom stereocenters. The number of carbonyl (C=O) groups excluding carboxylic acids is 3. The zero-order valence-corrected chi connectivity index (χ0v) is 21.9. The monoisotopic (exact) mass is 509 g/mol. The molecular formula is C28H35N3O4S. The molecular weight excluding hydrogens is 474 g/mol. The number of thioether (sulfide) groups is 1. The van der Waals surface area contributed by atoms with Gasteiger partial charge in [0.25, 0.3) is 0 Å². The Morgan fingerprint density at radius 3 is 2.58 bits per heavy atom. The third-order valence-electron chi connectivity index (χ3n) is 8.39. The van der Waals surface area contributed by atoms with Crippen LogP contribution in [0.25, 0.3) is 10.8 Å². The Hall–Kier alpha value is -2.58. The number of hydrogen-bond acceptors (Lipinski definition) is 5. The third-order valence-corrected chi connectivity index (χ3v) is 10.4. The van der Waals surface area contributed by atoms with Gasteiger partial charge in [0.2, 0.25) is 17.7 Å². The average molecular weight is 510 g/mol. The zero-order chi connectivity index (χ0) is 25.7. The van der Waals surface area contributed by atoms with Crippen molar-refractivity contribution in [2.75, 3.05) is 18.5 Å². The second-order valence-corrected chi connectivity index (χ2v) is 12.5. The van der Waals surface area contributed by atoms with E-state index in [1.54, 1.807) is 16.7 Å². The molecule has 3 fully saturated rings. The summed E-state index contributed by atoms with van der Waals surface area (Å²) in [6.07, 6.45) is 2.81. The molecule has 0 aromatic heterocycles. The number of carbonyl (C=O) groups is 3. The van der Waals surface area contributed by atoms with Gasteiger partial charge in [-0.15, -0.1) is 11.8 Å². The van der Waals surface area contributed by atoms with Gasteiger partial charge in [0.05, 0.1) is 29.2 Å². The number of amides is 3. The largest absolute Gasteiger partial charge is 0.394 e. The number of fused-ring (bicyclic) bond motifs is 2. The lowest BCUT2D eigenvalue weighted by molar-refractivity contribution is -0.142. The predicted molar refractivity (Wildman–Crippen MR) is 143 cm³/mol. The summed E-state index contributed by atoms with van der Waals surface area (Å²) in [6, 6.07) is 12.5. The van der Waals surface area contributed by atoms with E-state index in [2.05, 4.69) is 17.6 Å². The Bertz CT molecular complexity index is 1200. The molecule has 3 aliphatic rings. The van der Waals surface area contributed by atoms with Gasteiger partial charge in [-0.1, -0.05) is 44.2 Å². The minimum Gasteiger partial charge on any atom is -0.394 e. The fourth-order valence-electron chi connectivity index (χ4n) is 6.71. The van der Waals surface area contributed by atoms with Gasteiger partial charge < -0.3 is 20.6 Å². The fraction of sp³-hybridized carbons (Fsp3) is 0.536. The fourth-order valence-corrected chi connectivity index (χ4v) is 9.05. The molecule has 7 nitrogen and oxygen atoms in total. The molecule has 0 saturated carbocycles. The molecule has 36 heavy (non-hydrogen) atoms. The van der Waals surface area contributed by atoms with E-state index in [1.807, 2.05) is 56.3 Å². The maximum absolute atomic E-state index is 14.0. The summed E-state index contributed by atoms with van der Waals surface area (Å²) in [7, 11) is 0. The molecule has 8 heteroatoms. The quantitative estimate of drug-likeness (QED) is 0.506. The van der Waals surface area contributed by atoms with Crippen molar-refractivity contribution in [1.29, 1.82) is 0 Å². The van der Waals surface area contributed by atoms with E-state index >= 15 is 0 Å². The molecule has 2 unspecified atom stereocenters. The van der Waals surface area contributed by atoms with Crippen molar-refractivity contribution in [3.63, 3.8) is 0 Å². The highest BCUT2D eigenvalue weighted by Crippen LogP contribution is 2.71. The van der Waals surface area contributed by atoms with Crippen LogP contribution in [0.4, 0.5) is 5.69 Å². The summed E-state index contributed by atoms with van der Waals surface area (Å²) >= 11 is 1.65. The first-order valence-electron chi connectivity index (χ1n) is 13.0. The summed E-state index contributed by atoms with van der Waals surface area (Å²) in [5, 5.41) is 18.4. The Labute approximate surface area is 216 Å². The number of benzene rings is 2. The summed E-state index contributed by atoms with van der Waals surface area (Å²) < 4.78 is -1.09. The van der Waals surface area contributed by atoms with E-state index in [-0.39, 0.29) is 24.3 Å². The van der Waals surface area contributed by atoms with Gasteiger partial charge in [-0.25, -0.2) is 0 Å². The summed E-state index contributed by atoms with van der Waals surface area (Å²) in [5.74, 6) is -1.60. The van der Waals surface area contributed by atoms with Crippen molar-refractivity contribution in [2.24, 2.45) is 11.8 Å². The van der Waals surface area contributed by atoms with Crippen LogP contribution in [0.15, 0.2) is 42.5 Å². The standard InChI is InChI=1S/C28H35N3O4S/c1-4-14-29-24(33)21-22-26(35)31(20(5-2)16-32)23(28(22)13-12-27(21,3)36-28)25(34)30-19-11-10-17-8-6-7-9-18(17)15-19/h6-11,15,20-23,32H,4-5,12-14,16H2,1-3H3,(H,29,33)(H,30,34)/t20-,21-,22-,23?,27+,28?/m0/s1. The summed E-state index contributed by atoms with van der Waals surface area (Å²) in [4.78, 5) is 43.0. The molecule has 2 aromatic carbocycles. The number of rotatable bonds is 8. The molecule has 192 valence electrons. The van der Waals surface area contributed by atoms with Crippen molar-refractivity contribution >= 4 is 45.9 Å². The first-order chi connectivity index (χ1) is 17.3. The number of aliphatic hydroxyl groups is 1. The number of nitrogens with zero attached hydrogens (tertiary/aromatic N) is 1. The maximum Gasteiger partial charge on any atom is 0.248 e. The van der Waals surface area contributed by atoms with Crippen LogP contribution in [0.2, 0.25) is 0 Å². The Morgan fingerprint density at radius 2 is 1.89 bits per heavy atom. The predicted octanol–water partition coefficient (Wildman–Crippen LogP) is 3.56. The average Bonchev–Trinajstić information content (AvgIpc) is 3.44. The van der Waals surface area contributed by atoms with Crippen molar-refractivity contribution in [3.8, 4) is 0 Å². The van der Waals surface area contributed by atoms with Crippen LogP contribution in [0.5, 0.6) is 0 Å². The molecule has 2 bridgehead atoms. The van der Waals surface area contributed by atoms with Crippen LogP contribution in [-0.4, -0.2) is 62.5 Å². The van der Waals surface area contributed by atoms with Crippen LogP contribution in [0, 0.1) is 11.8 Å². The van der Waals surface area contributed by atoms with Crippen LogP contribution in [0.1, 0.15) is 46.5 Å². The van der Waals surface area contributed by atoms with Crippen molar-refractivity contribution in [1.82, 2.24) is 10.2 Å². The second kappa shape index (κ2) is 9.38. The van der Waals surface area contributed by atoms with E-state index in [9.17, 15) is 19.5 Å². The smallest absolute Gasteiger partial charge is 0.248 e. The topological polar surface area (TPSA) is 98.7 Å². The molecule has 0 aliphatic carbocycles. The van der Waals surface area contributed by atoms with E-state index in [4.69, 9.17) is 0 Å². The highest BCUT2D eigenvalue weighted by Gasteiger charge is 2.77. The Morgan fingerprint density at radius 1 is 1.14 bits per heavy atom. The Kier molecular flexibility index (Phi) is 6.53. The zero-order valence-electron chi connectivity index (χ0n) is 21.1. The molecule has 3 aliphatic heterocycles. The minimum atomic E-state index is -0.755. The first kappa shape index (κ1) is 25.1. The molecule has 3 amide bonds. The number of hydrogen-bond donors (Lipinski definition) is 3. The molecule has 3 saturated heterocycles. The van der Waals surface area contributed by atoms with Gasteiger partial charge in [0.15, 0.2) is 0 Å². The van der Waals surface area contributed by atoms with Gasteiger partial charge >= 0.3 is 0 Å². The molecule has 3 heterocycles. The molecule has 1 spiro atoms. The number of nitrogens with one attached hydrogen (secondary N) is 2. The van der Waals surface area contributed by atoms with Gasteiger partial charge in [-0.05, 0) is 55.5 Å². The second-order valence-electron chi connectivity index (χ2n) is 10.6. The van der Waals surface area contributed by atoms with Crippen molar-refractivity contribution in [2.45, 2.75) is 68.0 Å². The summed E-state index contributed by atoms with van der Waals surface area (Å²) in [5.41, 5.74) is 0.670. The summed E-state index contributed by atoms with van der Waals surface area (Å²) in [6.45, 7) is 6.32. The minimum absolute atomic E-state index is 0.0978. The Balaban J connectivity index is 1.53. The highest BCUT2D eigenvalue weighted by molar-refractivity contribution is 8.02. The number of aliphatic hydroxyl groups excluding tert-OH is 1. The van der Waals surface area contributed by atoms with Crippen molar-refractivity contribution in [3.05, 3.63) is 42.5 Å². The lowest BCUT2D eigenvalue weighted by Gasteiger charge is -2.36. The first-order valence-corrected chi connectivity index (χ1v) is 13.8. The van der Waals surface area contributed by atoms with Crippen LogP contribution in [0.3, 0.4) is 0 Å². The van der Waals surface area contributed by atoms with Gasteiger partial charge in [-0.2, -0.15) is 0 Å². The van der Waals surface area contributed by atoms with Crippen LogP contribution < -0.4 is 10.6 Å². The SMILES string of the molecule is CCCNC(=O)[C@@H]1[C@H]2C(=O)N([C@@H](CC)CO)C(C(=O)Nc3ccc4ccccc4c3)C23CC[C@@]1(C)S3. The highest BCUT2D eigenvalue weighted by atomic mass is 32.2. The van der Waals surface area contributed by atoms with E-state index in [0.29, 0.717) is 25.1 Å². The van der Waals surface area contributed by atoms with Gasteiger partial charge in [0, 0.05) is 17.0 Å². The molecule has 5 rings (SSSR count).